The Morgan fingerprint density at radius 1 is 1.45 bits per heavy atom. The zero-order chi connectivity index (χ0) is 15.1. The number of thiophene rings is 1. The van der Waals surface area contributed by atoms with Crippen LogP contribution in [0.15, 0.2) is 23.8 Å². The number of hydrogen-bond donors (Lipinski definition) is 2. The Labute approximate surface area is 133 Å². The molecule has 0 spiro atoms. The molecule has 0 radical (unpaired) electrons. The van der Waals surface area contributed by atoms with Crippen molar-refractivity contribution >= 4 is 22.8 Å². The molecule has 5 nitrogen and oxygen atoms in total. The molecule has 6 heteroatoms. The summed E-state index contributed by atoms with van der Waals surface area (Å²) in [6.45, 7) is 4.20. The number of nitrogen functional groups attached to an aromatic ring is 1. The predicted octanol–water partition coefficient (Wildman–Crippen LogP) is 2.82. The maximum Gasteiger partial charge on any atom is 0.180 e. The van der Waals surface area contributed by atoms with Gasteiger partial charge in [0, 0.05) is 18.7 Å². The van der Waals surface area contributed by atoms with E-state index in [9.17, 15) is 0 Å². The van der Waals surface area contributed by atoms with Gasteiger partial charge < -0.3 is 11.1 Å². The van der Waals surface area contributed by atoms with Gasteiger partial charge in [0.25, 0.3) is 0 Å². The molecular weight excluding hydrogens is 294 g/mol. The van der Waals surface area contributed by atoms with E-state index >= 15 is 0 Å². The van der Waals surface area contributed by atoms with Crippen LogP contribution >= 0.6 is 11.3 Å². The molecule has 3 aromatic heterocycles. The lowest BCUT2D eigenvalue weighted by molar-refractivity contribution is 0.456. The summed E-state index contributed by atoms with van der Waals surface area (Å²) in [6, 6.07) is 2.18. The largest absolute Gasteiger partial charge is 0.381 e. The SMILES string of the molecule is Cc1csc(-c2cnc(N)c3nc(C4CCCNC4)cn23)c1. The van der Waals surface area contributed by atoms with E-state index in [-0.39, 0.29) is 0 Å². The quantitative estimate of drug-likeness (QED) is 0.763. The van der Waals surface area contributed by atoms with E-state index < -0.39 is 0 Å². The molecule has 4 rings (SSSR count). The van der Waals surface area contributed by atoms with Crippen LogP contribution in [-0.2, 0) is 0 Å². The van der Waals surface area contributed by atoms with Gasteiger partial charge in [-0.2, -0.15) is 0 Å². The number of rotatable bonds is 2. The summed E-state index contributed by atoms with van der Waals surface area (Å²) in [5, 5.41) is 5.60. The van der Waals surface area contributed by atoms with E-state index in [0.717, 1.165) is 30.1 Å². The highest BCUT2D eigenvalue weighted by Gasteiger charge is 2.20. The van der Waals surface area contributed by atoms with Crippen molar-refractivity contribution in [2.45, 2.75) is 25.7 Å². The minimum atomic E-state index is 0.464. The molecule has 114 valence electrons. The molecule has 1 saturated heterocycles. The number of nitrogens with zero attached hydrogens (tertiary/aromatic N) is 3. The van der Waals surface area contributed by atoms with Crippen LogP contribution in [0.4, 0.5) is 5.82 Å². The second-order valence-electron chi connectivity index (χ2n) is 5.92. The van der Waals surface area contributed by atoms with E-state index in [1.165, 1.54) is 23.3 Å². The van der Waals surface area contributed by atoms with Gasteiger partial charge in [-0.25, -0.2) is 9.97 Å². The zero-order valence-corrected chi connectivity index (χ0v) is 13.4. The highest BCUT2D eigenvalue weighted by molar-refractivity contribution is 7.13. The summed E-state index contributed by atoms with van der Waals surface area (Å²) in [5.41, 5.74) is 10.3. The van der Waals surface area contributed by atoms with Gasteiger partial charge in [-0.05, 0) is 43.3 Å². The summed E-state index contributed by atoms with van der Waals surface area (Å²) in [6.07, 6.45) is 6.36. The molecule has 1 fully saturated rings. The van der Waals surface area contributed by atoms with Crippen LogP contribution < -0.4 is 11.1 Å². The second kappa shape index (κ2) is 5.37. The molecule has 3 aromatic rings. The highest BCUT2D eigenvalue weighted by Crippen LogP contribution is 2.30. The zero-order valence-electron chi connectivity index (χ0n) is 12.5. The number of nitrogens with one attached hydrogen (secondary N) is 1. The predicted molar refractivity (Wildman–Crippen MR) is 90.3 cm³/mol. The summed E-state index contributed by atoms with van der Waals surface area (Å²) in [5.74, 6) is 0.956. The van der Waals surface area contributed by atoms with Gasteiger partial charge >= 0.3 is 0 Å². The van der Waals surface area contributed by atoms with Gasteiger partial charge in [-0.15, -0.1) is 11.3 Å². The first kappa shape index (κ1) is 13.7. The Kier molecular flexibility index (Phi) is 3.35. The molecule has 3 N–H and O–H groups in total. The average molecular weight is 313 g/mol. The first-order valence-corrected chi connectivity index (χ1v) is 8.50. The lowest BCUT2D eigenvalue weighted by Crippen LogP contribution is -2.28. The Morgan fingerprint density at radius 2 is 2.36 bits per heavy atom. The maximum absolute atomic E-state index is 6.04. The summed E-state index contributed by atoms with van der Waals surface area (Å²) >= 11 is 1.73. The molecule has 22 heavy (non-hydrogen) atoms. The van der Waals surface area contributed by atoms with Crippen LogP contribution in [0.1, 0.15) is 30.0 Å². The number of piperidine rings is 1. The van der Waals surface area contributed by atoms with Crippen molar-refractivity contribution < 1.29 is 0 Å². The van der Waals surface area contributed by atoms with Crippen LogP contribution in [0.3, 0.4) is 0 Å². The molecule has 4 heterocycles. The first-order chi connectivity index (χ1) is 10.7. The van der Waals surface area contributed by atoms with Crippen LogP contribution in [0.25, 0.3) is 16.2 Å². The van der Waals surface area contributed by atoms with Crippen LogP contribution in [0.2, 0.25) is 0 Å². The van der Waals surface area contributed by atoms with E-state index in [1.54, 1.807) is 11.3 Å². The van der Waals surface area contributed by atoms with Gasteiger partial charge in [0.2, 0.25) is 0 Å². The van der Waals surface area contributed by atoms with E-state index in [1.807, 2.05) is 6.20 Å². The van der Waals surface area contributed by atoms with E-state index in [2.05, 4.69) is 39.3 Å². The number of aryl methyl sites for hydroxylation is 1. The number of aromatic nitrogens is 3. The topological polar surface area (TPSA) is 68.2 Å². The molecular formula is C16H19N5S. The second-order valence-corrected chi connectivity index (χ2v) is 6.83. The van der Waals surface area contributed by atoms with Crippen molar-refractivity contribution in [1.29, 1.82) is 0 Å². The van der Waals surface area contributed by atoms with Gasteiger partial charge in [0.15, 0.2) is 11.5 Å². The molecule has 1 unspecified atom stereocenters. The minimum Gasteiger partial charge on any atom is -0.381 e. The van der Waals surface area contributed by atoms with Gasteiger partial charge in [0.1, 0.15) is 0 Å². The van der Waals surface area contributed by atoms with Crippen molar-refractivity contribution in [3.05, 3.63) is 35.1 Å². The fourth-order valence-corrected chi connectivity index (χ4v) is 3.97. The lowest BCUT2D eigenvalue weighted by Gasteiger charge is -2.20. The highest BCUT2D eigenvalue weighted by atomic mass is 32.1. The van der Waals surface area contributed by atoms with Crippen LogP contribution in [-0.4, -0.2) is 27.5 Å². The van der Waals surface area contributed by atoms with Crippen molar-refractivity contribution in [2.24, 2.45) is 0 Å². The monoisotopic (exact) mass is 313 g/mol. The molecule has 1 atom stereocenters. The van der Waals surface area contributed by atoms with Gasteiger partial charge in [-0.3, -0.25) is 4.40 Å². The first-order valence-electron chi connectivity index (χ1n) is 7.62. The molecule has 0 aromatic carbocycles. The average Bonchev–Trinajstić information content (AvgIpc) is 3.16. The molecule has 0 bridgehead atoms. The Balaban J connectivity index is 1.85. The standard InChI is InChI=1S/C16H19N5S/c1-10-5-14(22-9-10)13-7-19-15(17)16-20-12(8-21(13)16)11-3-2-4-18-6-11/h5,7-9,11,18H,2-4,6H2,1H3,(H2,17,19). The Morgan fingerprint density at radius 3 is 3.09 bits per heavy atom. The van der Waals surface area contributed by atoms with Gasteiger partial charge in [0.05, 0.1) is 22.5 Å². The molecule has 0 aliphatic carbocycles. The maximum atomic E-state index is 6.04. The minimum absolute atomic E-state index is 0.464. The number of hydrogen-bond acceptors (Lipinski definition) is 5. The van der Waals surface area contributed by atoms with Crippen LogP contribution in [0, 0.1) is 6.92 Å². The summed E-state index contributed by atoms with van der Waals surface area (Å²) in [4.78, 5) is 10.3. The molecule has 0 saturated carbocycles. The summed E-state index contributed by atoms with van der Waals surface area (Å²) in [7, 11) is 0. The molecule has 1 aliphatic rings. The fraction of sp³-hybridized carbons (Fsp3) is 0.375. The molecule has 1 aliphatic heterocycles. The van der Waals surface area contributed by atoms with E-state index in [4.69, 9.17) is 10.7 Å². The normalized spacial score (nSPS) is 18.9. The Hall–Kier alpha value is -1.92. The number of fused-ring (bicyclic) bond motifs is 1. The Bertz CT molecular complexity index is 813. The smallest absolute Gasteiger partial charge is 0.180 e. The van der Waals surface area contributed by atoms with Crippen molar-refractivity contribution in [3.8, 4) is 10.6 Å². The summed E-state index contributed by atoms with van der Waals surface area (Å²) < 4.78 is 2.09. The van der Waals surface area contributed by atoms with Crippen molar-refractivity contribution in [2.75, 3.05) is 18.8 Å². The number of anilines is 1. The molecule has 0 amide bonds. The van der Waals surface area contributed by atoms with Crippen molar-refractivity contribution in [1.82, 2.24) is 19.7 Å². The van der Waals surface area contributed by atoms with E-state index in [0.29, 0.717) is 11.7 Å². The van der Waals surface area contributed by atoms with Gasteiger partial charge in [-0.1, -0.05) is 0 Å². The third kappa shape index (κ3) is 2.28. The van der Waals surface area contributed by atoms with Crippen molar-refractivity contribution in [3.63, 3.8) is 0 Å². The van der Waals surface area contributed by atoms with Crippen LogP contribution in [0.5, 0.6) is 0 Å². The fourth-order valence-electron chi connectivity index (χ4n) is 3.06. The number of imidazole rings is 1. The third-order valence-corrected chi connectivity index (χ3v) is 5.31. The lowest BCUT2D eigenvalue weighted by atomic mass is 9.97. The third-order valence-electron chi connectivity index (χ3n) is 4.24. The number of nitrogens with two attached hydrogens (primary N) is 1.